The normalized spacial score (nSPS) is 10.6. The molecule has 27 heavy (non-hydrogen) atoms. The number of fused-ring (bicyclic) bond motifs is 1. The summed E-state index contributed by atoms with van der Waals surface area (Å²) in [5, 5.41) is 4.85. The van der Waals surface area contributed by atoms with Crippen LogP contribution in [0.15, 0.2) is 66.7 Å². The fourth-order valence-electron chi connectivity index (χ4n) is 2.62. The summed E-state index contributed by atoms with van der Waals surface area (Å²) >= 11 is 0. The maximum Gasteiger partial charge on any atom is 0.338 e. The monoisotopic (exact) mass is 363 g/mol. The minimum Gasteiger partial charge on any atom is -0.491 e. The Labute approximate surface area is 157 Å². The Morgan fingerprint density at radius 2 is 1.63 bits per heavy atom. The van der Waals surface area contributed by atoms with E-state index in [1.165, 1.54) is 0 Å². The number of rotatable bonds is 6. The number of benzene rings is 3. The van der Waals surface area contributed by atoms with Crippen molar-refractivity contribution < 1.29 is 19.1 Å². The maximum atomic E-state index is 12.1. The average molecular weight is 363 g/mol. The molecule has 0 aliphatic heterocycles. The number of ether oxygens (including phenoxy) is 2. The highest BCUT2D eigenvalue weighted by molar-refractivity contribution is 5.97. The van der Waals surface area contributed by atoms with Gasteiger partial charge in [0, 0.05) is 5.69 Å². The highest BCUT2D eigenvalue weighted by atomic mass is 16.5. The number of amides is 1. The van der Waals surface area contributed by atoms with Crippen LogP contribution in [-0.2, 0) is 9.53 Å². The van der Waals surface area contributed by atoms with Gasteiger partial charge in [0.05, 0.1) is 11.7 Å². The van der Waals surface area contributed by atoms with E-state index in [-0.39, 0.29) is 12.7 Å². The molecule has 0 heterocycles. The lowest BCUT2D eigenvalue weighted by Gasteiger charge is -2.10. The van der Waals surface area contributed by atoms with Crippen molar-refractivity contribution in [2.75, 3.05) is 11.9 Å². The van der Waals surface area contributed by atoms with Crippen LogP contribution >= 0.6 is 0 Å². The molecule has 3 rings (SSSR count). The number of hydrogen-bond donors (Lipinski definition) is 1. The van der Waals surface area contributed by atoms with Crippen LogP contribution in [0, 0.1) is 0 Å². The molecule has 0 aliphatic carbocycles. The highest BCUT2D eigenvalue weighted by Gasteiger charge is 2.11. The van der Waals surface area contributed by atoms with E-state index in [2.05, 4.69) is 5.32 Å². The second kappa shape index (κ2) is 8.36. The number of hydrogen-bond acceptors (Lipinski definition) is 4. The van der Waals surface area contributed by atoms with Gasteiger partial charge in [0.2, 0.25) is 0 Å². The fourth-order valence-corrected chi connectivity index (χ4v) is 2.62. The zero-order valence-corrected chi connectivity index (χ0v) is 15.3. The van der Waals surface area contributed by atoms with Crippen molar-refractivity contribution in [2.24, 2.45) is 0 Å². The molecule has 0 radical (unpaired) electrons. The maximum absolute atomic E-state index is 12.1. The van der Waals surface area contributed by atoms with Crippen molar-refractivity contribution in [1.29, 1.82) is 0 Å². The number of anilines is 1. The molecule has 5 heteroatoms. The van der Waals surface area contributed by atoms with Crippen LogP contribution in [0.5, 0.6) is 5.75 Å². The Morgan fingerprint density at radius 3 is 2.33 bits per heavy atom. The van der Waals surface area contributed by atoms with Gasteiger partial charge in [-0.15, -0.1) is 0 Å². The van der Waals surface area contributed by atoms with E-state index >= 15 is 0 Å². The molecule has 0 saturated carbocycles. The van der Waals surface area contributed by atoms with E-state index in [1.807, 2.05) is 56.3 Å². The highest BCUT2D eigenvalue weighted by Crippen LogP contribution is 2.19. The Balaban J connectivity index is 1.54. The molecule has 3 aromatic carbocycles. The number of carbonyl (C=O) groups is 2. The number of carbonyl (C=O) groups excluding carboxylic acids is 2. The van der Waals surface area contributed by atoms with Crippen LogP contribution in [0.4, 0.5) is 5.69 Å². The molecule has 3 aromatic rings. The van der Waals surface area contributed by atoms with Crippen LogP contribution < -0.4 is 10.1 Å². The van der Waals surface area contributed by atoms with Gasteiger partial charge in [0.25, 0.3) is 5.91 Å². The first-order chi connectivity index (χ1) is 13.0. The van der Waals surface area contributed by atoms with Crippen molar-refractivity contribution in [3.63, 3.8) is 0 Å². The molecule has 138 valence electrons. The SMILES string of the molecule is CC(C)Oc1ccc(C(=O)OCC(=O)Nc2ccc3ccccc3c2)cc1. The summed E-state index contributed by atoms with van der Waals surface area (Å²) in [5.74, 6) is -0.270. The van der Waals surface area contributed by atoms with Crippen molar-refractivity contribution >= 4 is 28.3 Å². The number of esters is 1. The van der Waals surface area contributed by atoms with Crippen LogP contribution in [-0.4, -0.2) is 24.6 Å². The van der Waals surface area contributed by atoms with E-state index in [0.29, 0.717) is 17.0 Å². The third-order valence-corrected chi connectivity index (χ3v) is 3.83. The molecule has 0 unspecified atom stereocenters. The standard InChI is InChI=1S/C22H21NO4/c1-15(2)27-20-11-8-17(9-12-20)22(25)26-14-21(24)23-19-10-7-16-5-3-4-6-18(16)13-19/h3-13,15H,14H2,1-2H3,(H,23,24). The van der Waals surface area contributed by atoms with Crippen LogP contribution in [0.25, 0.3) is 10.8 Å². The molecule has 0 spiro atoms. The topological polar surface area (TPSA) is 64.6 Å². The van der Waals surface area contributed by atoms with Crippen LogP contribution in [0.2, 0.25) is 0 Å². The lowest BCUT2D eigenvalue weighted by atomic mass is 10.1. The van der Waals surface area contributed by atoms with Crippen molar-refractivity contribution in [2.45, 2.75) is 20.0 Å². The van der Waals surface area contributed by atoms with Gasteiger partial charge in [-0.1, -0.05) is 30.3 Å². The lowest BCUT2D eigenvalue weighted by Crippen LogP contribution is -2.20. The van der Waals surface area contributed by atoms with Gasteiger partial charge in [-0.25, -0.2) is 4.79 Å². The first kappa shape index (κ1) is 18.5. The largest absolute Gasteiger partial charge is 0.491 e. The molecule has 0 fully saturated rings. The van der Waals surface area contributed by atoms with Gasteiger partial charge in [-0.05, 0) is 61.0 Å². The van der Waals surface area contributed by atoms with E-state index in [4.69, 9.17) is 9.47 Å². The molecule has 0 aromatic heterocycles. The fraction of sp³-hybridized carbons (Fsp3) is 0.182. The van der Waals surface area contributed by atoms with Gasteiger partial charge >= 0.3 is 5.97 Å². The van der Waals surface area contributed by atoms with Gasteiger partial charge in [0.1, 0.15) is 5.75 Å². The Bertz CT molecular complexity index is 948. The summed E-state index contributed by atoms with van der Waals surface area (Å²) in [6, 6.07) is 20.1. The van der Waals surface area contributed by atoms with Gasteiger partial charge in [-0.2, -0.15) is 0 Å². The first-order valence-electron chi connectivity index (χ1n) is 8.74. The molecular weight excluding hydrogens is 342 g/mol. The van der Waals surface area contributed by atoms with Crippen molar-refractivity contribution in [3.8, 4) is 5.75 Å². The smallest absolute Gasteiger partial charge is 0.338 e. The zero-order chi connectivity index (χ0) is 19.2. The van der Waals surface area contributed by atoms with Crippen LogP contribution in [0.3, 0.4) is 0 Å². The summed E-state index contributed by atoms with van der Waals surface area (Å²) in [4.78, 5) is 24.1. The quantitative estimate of drug-likeness (QED) is 0.658. The van der Waals surface area contributed by atoms with Crippen LogP contribution in [0.1, 0.15) is 24.2 Å². The second-order valence-electron chi connectivity index (χ2n) is 6.38. The molecule has 0 bridgehead atoms. The minimum absolute atomic E-state index is 0.0570. The Morgan fingerprint density at radius 1 is 0.926 bits per heavy atom. The zero-order valence-electron chi connectivity index (χ0n) is 15.3. The Hall–Kier alpha value is -3.34. The summed E-state index contributed by atoms with van der Waals surface area (Å²) in [6.45, 7) is 3.50. The average Bonchev–Trinajstić information content (AvgIpc) is 2.66. The van der Waals surface area contributed by atoms with E-state index in [1.54, 1.807) is 24.3 Å². The Kier molecular flexibility index (Phi) is 5.71. The van der Waals surface area contributed by atoms with E-state index < -0.39 is 11.9 Å². The molecule has 5 nitrogen and oxygen atoms in total. The first-order valence-corrected chi connectivity index (χ1v) is 8.74. The predicted molar refractivity (Wildman–Crippen MR) is 105 cm³/mol. The van der Waals surface area contributed by atoms with Gasteiger partial charge in [-0.3, -0.25) is 4.79 Å². The third-order valence-electron chi connectivity index (χ3n) is 3.83. The lowest BCUT2D eigenvalue weighted by molar-refractivity contribution is -0.119. The van der Waals surface area contributed by atoms with Gasteiger partial charge < -0.3 is 14.8 Å². The molecule has 0 atom stereocenters. The summed E-state index contributed by atoms with van der Waals surface area (Å²) in [5.41, 5.74) is 1.02. The van der Waals surface area contributed by atoms with E-state index in [9.17, 15) is 9.59 Å². The molecular formula is C22H21NO4. The van der Waals surface area contributed by atoms with E-state index in [0.717, 1.165) is 10.8 Å². The molecule has 1 N–H and O–H groups in total. The summed E-state index contributed by atoms with van der Waals surface area (Å²) in [6.07, 6.45) is 0.0570. The van der Waals surface area contributed by atoms with Crippen molar-refractivity contribution in [1.82, 2.24) is 0 Å². The van der Waals surface area contributed by atoms with Crippen molar-refractivity contribution in [3.05, 3.63) is 72.3 Å². The van der Waals surface area contributed by atoms with Gasteiger partial charge in [0.15, 0.2) is 6.61 Å². The molecule has 0 aliphatic rings. The summed E-state index contributed by atoms with van der Waals surface area (Å²) < 4.78 is 10.6. The third kappa shape index (κ3) is 5.07. The molecule has 0 saturated heterocycles. The summed E-state index contributed by atoms with van der Waals surface area (Å²) in [7, 11) is 0. The number of nitrogens with one attached hydrogen (secondary N) is 1. The second-order valence-corrected chi connectivity index (χ2v) is 6.38. The molecule has 1 amide bonds. The minimum atomic E-state index is -0.556. The predicted octanol–water partition coefficient (Wildman–Crippen LogP) is 4.42.